The second kappa shape index (κ2) is 15.7. The molecule has 13 nitrogen and oxygen atoms in total. The van der Waals surface area contributed by atoms with Gasteiger partial charge in [-0.05, 0) is 70.2 Å². The number of nitrogens with zero attached hydrogens (tertiary/aromatic N) is 6. The molecule has 4 atom stereocenters. The van der Waals surface area contributed by atoms with Crippen LogP contribution in [0.25, 0.3) is 0 Å². The van der Waals surface area contributed by atoms with E-state index in [2.05, 4.69) is 14.9 Å². The molecule has 5 rings (SSSR count). The third-order valence-electron chi connectivity index (χ3n) is 9.45. The summed E-state index contributed by atoms with van der Waals surface area (Å²) in [5.41, 5.74) is 3.58. The van der Waals surface area contributed by atoms with E-state index < -0.39 is 30.1 Å². The van der Waals surface area contributed by atoms with Gasteiger partial charge in [-0.2, -0.15) is 13.2 Å². The van der Waals surface area contributed by atoms with Gasteiger partial charge in [0.05, 0.1) is 22.9 Å². The molecule has 0 spiro atoms. The summed E-state index contributed by atoms with van der Waals surface area (Å²) in [6, 6.07) is 4.52. The highest BCUT2D eigenvalue weighted by Gasteiger charge is 2.43. The lowest BCUT2D eigenvalue weighted by Gasteiger charge is -2.28. The van der Waals surface area contributed by atoms with Crippen molar-refractivity contribution in [3.63, 3.8) is 0 Å². The highest BCUT2D eigenvalue weighted by atomic mass is 35.5. The van der Waals surface area contributed by atoms with Crippen LogP contribution in [0.3, 0.4) is 0 Å². The first-order chi connectivity index (χ1) is 23.4. The van der Waals surface area contributed by atoms with Gasteiger partial charge in [-0.25, -0.2) is 19.6 Å². The lowest BCUT2D eigenvalue weighted by molar-refractivity contribution is -0.192. The number of benzene rings is 1. The van der Waals surface area contributed by atoms with Crippen molar-refractivity contribution >= 4 is 46.9 Å². The van der Waals surface area contributed by atoms with Crippen molar-refractivity contribution in [1.82, 2.24) is 24.7 Å². The van der Waals surface area contributed by atoms with Crippen LogP contribution >= 0.6 is 11.6 Å². The average Bonchev–Trinajstić information content (AvgIpc) is 3.73. The monoisotopic (exact) mass is 724 g/mol. The standard InChI is InChI=1S/C31H39ClN6O5.C2HF3O2/c1-18-6-7-25(11-26(18)32)37(29(40)22-10-27(39)38(16-22)21(4)31(42)43)9-5-8-35-12-23-14-36(15-24(23)13-35)30(41)28-19(2)33-17-34-20(28)3;3-2(4,5)1(6)7/h6-7,11,17,21-24H,5,8-10,12-16H2,1-4H3,(H,42,43);(H,6,7). The number of amides is 3. The fourth-order valence-corrected chi connectivity index (χ4v) is 6.87. The number of aryl methyl sites for hydroxylation is 3. The van der Waals surface area contributed by atoms with E-state index >= 15 is 0 Å². The largest absolute Gasteiger partial charge is 0.490 e. The molecule has 17 heteroatoms. The molecule has 0 bridgehead atoms. The smallest absolute Gasteiger partial charge is 0.480 e. The van der Waals surface area contributed by atoms with Crippen LogP contribution in [-0.4, -0.2) is 123 Å². The Balaban J connectivity index is 0.000000727. The van der Waals surface area contributed by atoms with E-state index in [4.69, 9.17) is 21.5 Å². The van der Waals surface area contributed by atoms with E-state index in [0.717, 1.165) is 31.6 Å². The van der Waals surface area contributed by atoms with Crippen molar-refractivity contribution in [2.75, 3.05) is 50.7 Å². The molecule has 4 unspecified atom stereocenters. The number of likely N-dealkylation sites (tertiary alicyclic amines) is 3. The molecule has 4 heterocycles. The second-order valence-electron chi connectivity index (χ2n) is 13.0. The third kappa shape index (κ3) is 8.88. The summed E-state index contributed by atoms with van der Waals surface area (Å²) < 4.78 is 31.7. The molecule has 3 amide bonds. The van der Waals surface area contributed by atoms with Crippen molar-refractivity contribution in [3.8, 4) is 0 Å². The Labute approximate surface area is 292 Å². The Morgan fingerprint density at radius 2 is 1.58 bits per heavy atom. The maximum absolute atomic E-state index is 13.8. The number of hydrogen-bond donors (Lipinski definition) is 2. The number of carbonyl (C=O) groups is 5. The summed E-state index contributed by atoms with van der Waals surface area (Å²) in [5, 5.41) is 17.1. The number of carbonyl (C=O) groups excluding carboxylic acids is 3. The first kappa shape index (κ1) is 38.5. The SMILES string of the molecule is Cc1ccc(N(CCCN2CC3CN(C(=O)c4c(C)ncnc4C)CC3C2)C(=O)C2CC(=O)N(C(C)C(=O)O)C2)cc1Cl.O=C(O)C(F)(F)F. The molecule has 272 valence electrons. The lowest BCUT2D eigenvalue weighted by Crippen LogP contribution is -2.42. The average molecular weight is 725 g/mol. The number of rotatable bonds is 9. The van der Waals surface area contributed by atoms with E-state index in [9.17, 15) is 37.5 Å². The molecular formula is C33H40ClF3N6O7. The fourth-order valence-electron chi connectivity index (χ4n) is 6.69. The van der Waals surface area contributed by atoms with E-state index in [0.29, 0.717) is 59.1 Å². The van der Waals surface area contributed by atoms with Gasteiger partial charge in [-0.3, -0.25) is 14.4 Å². The van der Waals surface area contributed by atoms with Gasteiger partial charge in [-0.1, -0.05) is 17.7 Å². The summed E-state index contributed by atoms with van der Waals surface area (Å²) in [6.45, 7) is 11.6. The molecule has 1 aromatic heterocycles. The molecule has 3 fully saturated rings. The van der Waals surface area contributed by atoms with Crippen LogP contribution in [0.2, 0.25) is 5.02 Å². The number of hydrogen-bond acceptors (Lipinski definition) is 8. The van der Waals surface area contributed by atoms with Crippen molar-refractivity contribution in [1.29, 1.82) is 0 Å². The maximum atomic E-state index is 13.8. The summed E-state index contributed by atoms with van der Waals surface area (Å²) in [5.74, 6) is -4.19. The van der Waals surface area contributed by atoms with Crippen molar-refractivity contribution in [2.24, 2.45) is 17.8 Å². The van der Waals surface area contributed by atoms with E-state index in [1.165, 1.54) is 18.2 Å². The number of fused-ring (bicyclic) bond motifs is 1. The Morgan fingerprint density at radius 1 is 1.00 bits per heavy atom. The third-order valence-corrected chi connectivity index (χ3v) is 9.86. The normalized spacial score (nSPS) is 21.0. The molecule has 2 N–H and O–H groups in total. The van der Waals surface area contributed by atoms with Gasteiger partial charge in [0.15, 0.2) is 0 Å². The highest BCUT2D eigenvalue weighted by Crippen LogP contribution is 2.33. The predicted octanol–water partition coefficient (Wildman–Crippen LogP) is 3.44. The molecule has 0 aliphatic carbocycles. The van der Waals surface area contributed by atoms with E-state index in [1.54, 1.807) is 11.0 Å². The number of carboxylic acid groups (broad SMARTS) is 2. The highest BCUT2D eigenvalue weighted by molar-refractivity contribution is 6.31. The summed E-state index contributed by atoms with van der Waals surface area (Å²) in [6.07, 6.45) is -2.89. The fraction of sp³-hybridized carbons (Fsp3) is 0.545. The summed E-state index contributed by atoms with van der Waals surface area (Å²) >= 11 is 6.42. The molecule has 0 saturated carbocycles. The topological polar surface area (TPSA) is 165 Å². The summed E-state index contributed by atoms with van der Waals surface area (Å²) in [7, 11) is 0. The Kier molecular flexibility index (Phi) is 12.1. The number of aliphatic carboxylic acids is 2. The number of alkyl halides is 3. The molecule has 3 aliphatic rings. The first-order valence-electron chi connectivity index (χ1n) is 16.1. The molecule has 3 aliphatic heterocycles. The number of anilines is 1. The minimum atomic E-state index is -5.08. The quantitative estimate of drug-likeness (QED) is 0.392. The zero-order chi connectivity index (χ0) is 37.1. The minimum absolute atomic E-state index is 0.00386. The molecule has 50 heavy (non-hydrogen) atoms. The summed E-state index contributed by atoms with van der Waals surface area (Å²) in [4.78, 5) is 75.7. The predicted molar refractivity (Wildman–Crippen MR) is 175 cm³/mol. The van der Waals surface area contributed by atoms with Crippen molar-refractivity contribution in [2.45, 2.75) is 52.8 Å². The van der Waals surface area contributed by atoms with Crippen molar-refractivity contribution in [3.05, 3.63) is 52.1 Å². The Bertz CT molecular complexity index is 1610. The molecule has 0 radical (unpaired) electrons. The lowest BCUT2D eigenvalue weighted by atomic mass is 10.0. The number of carboxylic acids is 2. The Hall–Kier alpha value is -4.31. The van der Waals surface area contributed by atoms with Crippen molar-refractivity contribution < 1.29 is 47.4 Å². The van der Waals surface area contributed by atoms with Crippen LogP contribution < -0.4 is 4.90 Å². The van der Waals surface area contributed by atoms with Crippen LogP contribution in [-0.2, 0) is 19.2 Å². The van der Waals surface area contributed by atoms with Gasteiger partial charge in [0.25, 0.3) is 5.91 Å². The van der Waals surface area contributed by atoms with Gasteiger partial charge in [0.1, 0.15) is 12.4 Å². The van der Waals surface area contributed by atoms with Crippen LogP contribution in [0.15, 0.2) is 24.5 Å². The number of halogens is 4. The van der Waals surface area contributed by atoms with Crippen LogP contribution in [0.4, 0.5) is 18.9 Å². The van der Waals surface area contributed by atoms with Crippen LogP contribution in [0, 0.1) is 38.5 Å². The van der Waals surface area contributed by atoms with E-state index in [-0.39, 0.29) is 30.7 Å². The zero-order valence-corrected chi connectivity index (χ0v) is 28.9. The van der Waals surface area contributed by atoms with Crippen LogP contribution in [0.5, 0.6) is 0 Å². The molecule has 3 saturated heterocycles. The first-order valence-corrected chi connectivity index (χ1v) is 16.5. The molecule has 1 aromatic carbocycles. The van der Waals surface area contributed by atoms with Gasteiger partial charge in [0, 0.05) is 56.4 Å². The second-order valence-corrected chi connectivity index (χ2v) is 13.4. The number of aromatic nitrogens is 2. The van der Waals surface area contributed by atoms with Gasteiger partial charge < -0.3 is 29.8 Å². The van der Waals surface area contributed by atoms with Crippen LogP contribution in [0.1, 0.15) is 47.1 Å². The van der Waals surface area contributed by atoms with Gasteiger partial charge >= 0.3 is 18.1 Å². The minimum Gasteiger partial charge on any atom is -0.480 e. The molecular weight excluding hydrogens is 685 g/mol. The Morgan fingerprint density at radius 3 is 2.10 bits per heavy atom. The van der Waals surface area contributed by atoms with E-state index in [1.807, 2.05) is 37.8 Å². The molecule has 2 aromatic rings. The van der Waals surface area contributed by atoms with Gasteiger partial charge in [-0.15, -0.1) is 0 Å². The zero-order valence-electron chi connectivity index (χ0n) is 28.1. The van der Waals surface area contributed by atoms with Gasteiger partial charge in [0.2, 0.25) is 11.8 Å². The maximum Gasteiger partial charge on any atom is 0.490 e.